The van der Waals surface area contributed by atoms with Crippen LogP contribution in [0.4, 0.5) is 0 Å². The molecule has 2 aromatic rings. The van der Waals surface area contributed by atoms with Crippen LogP contribution in [0.1, 0.15) is 63.1 Å². The first kappa shape index (κ1) is 31.1. The van der Waals surface area contributed by atoms with Gasteiger partial charge in [0.05, 0.1) is 19.3 Å². The molecular formula is C31H44ClN3O4. The number of likely N-dealkylation sites (tertiary alicyclic amines) is 1. The standard InChI is InChI=1S/C31H43N3O4.ClH/c1-23(35)20-32-30(2,3)19-28(36)33-27(22-38-21-24-9-5-4-6-10-24)29(37)34-17-15-31(16-18-34)14-13-25-11-7-8-12-26(25)31;/h4-12,23,27,32,35H,13-22H2,1-3H3,(H,33,36);1H. The largest absolute Gasteiger partial charge is 0.392 e. The number of amides is 2. The molecule has 1 aliphatic heterocycles. The van der Waals surface area contributed by atoms with Crippen LogP contribution >= 0.6 is 12.4 Å². The molecule has 1 fully saturated rings. The van der Waals surface area contributed by atoms with Gasteiger partial charge in [-0.25, -0.2) is 0 Å². The lowest BCUT2D eigenvalue weighted by Crippen LogP contribution is -2.55. The Morgan fingerprint density at radius 1 is 1.05 bits per heavy atom. The molecule has 2 aromatic carbocycles. The lowest BCUT2D eigenvalue weighted by Gasteiger charge is -2.41. The minimum absolute atomic E-state index is 0. The molecule has 0 saturated carbocycles. The molecule has 39 heavy (non-hydrogen) atoms. The minimum atomic E-state index is -0.747. The average molecular weight is 558 g/mol. The Morgan fingerprint density at radius 3 is 2.41 bits per heavy atom. The molecule has 2 aliphatic rings. The van der Waals surface area contributed by atoms with Gasteiger partial charge in [-0.05, 0) is 68.6 Å². The lowest BCUT2D eigenvalue weighted by atomic mass is 9.74. The van der Waals surface area contributed by atoms with Gasteiger partial charge in [0.2, 0.25) is 11.8 Å². The van der Waals surface area contributed by atoms with E-state index in [0.29, 0.717) is 26.2 Å². The molecule has 4 rings (SSSR count). The number of ether oxygens (including phenoxy) is 1. The summed E-state index contributed by atoms with van der Waals surface area (Å²) in [6, 6.07) is 17.8. The SMILES string of the molecule is CC(O)CNC(C)(C)CC(=O)NC(COCc1ccccc1)C(=O)N1CCC2(CCc3ccccc32)CC1.Cl. The predicted octanol–water partition coefficient (Wildman–Crippen LogP) is 3.76. The molecule has 1 saturated heterocycles. The number of hydrogen-bond donors (Lipinski definition) is 3. The second-order valence-corrected chi connectivity index (χ2v) is 11.7. The highest BCUT2D eigenvalue weighted by atomic mass is 35.5. The second kappa shape index (κ2) is 13.8. The number of halogens is 1. The Labute approximate surface area is 239 Å². The molecule has 7 nitrogen and oxygen atoms in total. The summed E-state index contributed by atoms with van der Waals surface area (Å²) in [4.78, 5) is 28.6. The van der Waals surface area contributed by atoms with E-state index < -0.39 is 17.7 Å². The Morgan fingerprint density at radius 2 is 1.72 bits per heavy atom. The molecule has 0 radical (unpaired) electrons. The third-order valence-electron chi connectivity index (χ3n) is 8.00. The fourth-order valence-corrected chi connectivity index (χ4v) is 5.84. The van der Waals surface area contributed by atoms with E-state index in [4.69, 9.17) is 4.74 Å². The summed E-state index contributed by atoms with van der Waals surface area (Å²) in [5.74, 6) is -0.296. The topological polar surface area (TPSA) is 90.9 Å². The fourth-order valence-electron chi connectivity index (χ4n) is 5.84. The first-order chi connectivity index (χ1) is 18.2. The van der Waals surface area contributed by atoms with E-state index in [1.807, 2.05) is 49.1 Å². The van der Waals surface area contributed by atoms with Crippen molar-refractivity contribution in [1.29, 1.82) is 0 Å². The van der Waals surface area contributed by atoms with Crippen LogP contribution in [0.15, 0.2) is 54.6 Å². The summed E-state index contributed by atoms with van der Waals surface area (Å²) in [6.45, 7) is 7.78. The van der Waals surface area contributed by atoms with E-state index in [-0.39, 0.29) is 42.7 Å². The van der Waals surface area contributed by atoms with Gasteiger partial charge in [0, 0.05) is 31.6 Å². The number of hydrogen-bond acceptors (Lipinski definition) is 5. The van der Waals surface area contributed by atoms with E-state index in [1.165, 1.54) is 11.1 Å². The molecule has 2 amide bonds. The summed E-state index contributed by atoms with van der Waals surface area (Å²) in [5.41, 5.74) is 3.56. The van der Waals surface area contributed by atoms with Gasteiger partial charge in [0.1, 0.15) is 6.04 Å². The van der Waals surface area contributed by atoms with Crippen molar-refractivity contribution in [2.45, 2.75) is 82.6 Å². The molecular weight excluding hydrogens is 514 g/mol. The lowest BCUT2D eigenvalue weighted by molar-refractivity contribution is -0.140. The molecule has 3 N–H and O–H groups in total. The number of fused-ring (bicyclic) bond motifs is 2. The monoisotopic (exact) mass is 557 g/mol. The van der Waals surface area contributed by atoms with Crippen molar-refractivity contribution >= 4 is 24.2 Å². The van der Waals surface area contributed by atoms with Crippen LogP contribution in [0, 0.1) is 0 Å². The van der Waals surface area contributed by atoms with Crippen LogP contribution in [0.2, 0.25) is 0 Å². The maximum absolute atomic E-state index is 13.7. The van der Waals surface area contributed by atoms with E-state index in [2.05, 4.69) is 34.9 Å². The molecule has 8 heteroatoms. The zero-order valence-corrected chi connectivity index (χ0v) is 24.3. The van der Waals surface area contributed by atoms with Gasteiger partial charge in [-0.15, -0.1) is 12.4 Å². The first-order valence-corrected chi connectivity index (χ1v) is 13.9. The number of aryl methyl sites for hydroxylation is 1. The Hall–Kier alpha value is -2.45. The highest BCUT2D eigenvalue weighted by Gasteiger charge is 2.42. The van der Waals surface area contributed by atoms with E-state index in [9.17, 15) is 14.7 Å². The molecule has 2 unspecified atom stereocenters. The number of carbonyl (C=O) groups is 2. The Balaban J connectivity index is 0.00000420. The van der Waals surface area contributed by atoms with E-state index in [0.717, 1.165) is 31.2 Å². The fraction of sp³-hybridized carbons (Fsp3) is 0.548. The van der Waals surface area contributed by atoms with Crippen LogP contribution in [-0.4, -0.2) is 65.7 Å². The first-order valence-electron chi connectivity index (χ1n) is 13.9. The zero-order chi connectivity index (χ0) is 27.2. The van der Waals surface area contributed by atoms with Crippen molar-refractivity contribution < 1.29 is 19.4 Å². The van der Waals surface area contributed by atoms with Crippen LogP contribution < -0.4 is 10.6 Å². The average Bonchev–Trinajstić information content (AvgIpc) is 3.25. The van der Waals surface area contributed by atoms with Gasteiger partial charge in [-0.1, -0.05) is 54.6 Å². The van der Waals surface area contributed by atoms with Crippen molar-refractivity contribution in [2.75, 3.05) is 26.2 Å². The molecule has 1 aliphatic carbocycles. The Bertz CT molecular complexity index is 1080. The number of carbonyl (C=O) groups excluding carboxylic acids is 2. The normalized spacial score (nSPS) is 17.7. The number of rotatable bonds is 11. The summed E-state index contributed by atoms with van der Waals surface area (Å²) < 4.78 is 5.93. The van der Waals surface area contributed by atoms with Crippen LogP contribution in [0.25, 0.3) is 0 Å². The highest BCUT2D eigenvalue weighted by Crippen LogP contribution is 2.46. The minimum Gasteiger partial charge on any atom is -0.392 e. The van der Waals surface area contributed by atoms with Gasteiger partial charge < -0.3 is 25.4 Å². The van der Waals surface area contributed by atoms with Gasteiger partial charge >= 0.3 is 0 Å². The summed E-state index contributed by atoms with van der Waals surface area (Å²) >= 11 is 0. The highest BCUT2D eigenvalue weighted by molar-refractivity contribution is 5.88. The van der Waals surface area contributed by atoms with Gasteiger partial charge in [0.15, 0.2) is 0 Å². The van der Waals surface area contributed by atoms with Crippen molar-refractivity contribution in [3.63, 3.8) is 0 Å². The third kappa shape index (κ3) is 8.27. The summed E-state index contributed by atoms with van der Waals surface area (Å²) in [5, 5.41) is 15.8. The van der Waals surface area contributed by atoms with Crippen LogP contribution in [0.3, 0.4) is 0 Å². The second-order valence-electron chi connectivity index (χ2n) is 11.7. The molecule has 2 atom stereocenters. The molecule has 1 spiro atoms. The quantitative estimate of drug-likeness (QED) is 0.391. The number of benzene rings is 2. The number of piperidine rings is 1. The van der Waals surface area contributed by atoms with Crippen LogP contribution in [0.5, 0.6) is 0 Å². The zero-order valence-electron chi connectivity index (χ0n) is 23.4. The van der Waals surface area contributed by atoms with E-state index >= 15 is 0 Å². The maximum Gasteiger partial charge on any atom is 0.247 e. The molecule has 0 bridgehead atoms. The van der Waals surface area contributed by atoms with Crippen molar-refractivity contribution in [3.05, 3.63) is 71.3 Å². The van der Waals surface area contributed by atoms with Crippen molar-refractivity contribution in [2.24, 2.45) is 0 Å². The van der Waals surface area contributed by atoms with Gasteiger partial charge in [-0.2, -0.15) is 0 Å². The smallest absolute Gasteiger partial charge is 0.247 e. The summed E-state index contributed by atoms with van der Waals surface area (Å²) in [6.07, 6.45) is 3.81. The maximum atomic E-state index is 13.7. The third-order valence-corrected chi connectivity index (χ3v) is 8.00. The molecule has 214 valence electrons. The molecule has 1 heterocycles. The van der Waals surface area contributed by atoms with Gasteiger partial charge in [-0.3, -0.25) is 9.59 Å². The Kier molecular flexibility index (Phi) is 11.0. The number of nitrogens with one attached hydrogen (secondary N) is 2. The van der Waals surface area contributed by atoms with Crippen molar-refractivity contribution in [3.8, 4) is 0 Å². The summed E-state index contributed by atoms with van der Waals surface area (Å²) in [7, 11) is 0. The van der Waals surface area contributed by atoms with Gasteiger partial charge in [0.25, 0.3) is 0 Å². The van der Waals surface area contributed by atoms with E-state index in [1.54, 1.807) is 6.92 Å². The molecule has 0 aromatic heterocycles. The number of aliphatic hydroxyl groups excluding tert-OH is 1. The number of nitrogens with zero attached hydrogens (tertiary/aromatic N) is 1. The number of aliphatic hydroxyl groups is 1. The van der Waals surface area contributed by atoms with Crippen molar-refractivity contribution in [1.82, 2.24) is 15.5 Å². The predicted molar refractivity (Wildman–Crippen MR) is 156 cm³/mol. The number of β-amino-alcohol motifs (C(OH)–C–C–N with tert-alkyl or cyclic N) is 1. The van der Waals surface area contributed by atoms with Crippen LogP contribution in [-0.2, 0) is 32.8 Å².